The maximum atomic E-state index is 12.6. The summed E-state index contributed by atoms with van der Waals surface area (Å²) >= 11 is 12.2. The van der Waals surface area contributed by atoms with Crippen molar-refractivity contribution < 1.29 is 8.42 Å². The van der Waals surface area contributed by atoms with Gasteiger partial charge < -0.3 is 5.32 Å². The van der Waals surface area contributed by atoms with Crippen molar-refractivity contribution >= 4 is 33.2 Å². The minimum Gasteiger partial charge on any atom is -0.316 e. The summed E-state index contributed by atoms with van der Waals surface area (Å²) in [5, 5.41) is 3.57. The fourth-order valence-corrected chi connectivity index (χ4v) is 4.93. The van der Waals surface area contributed by atoms with Gasteiger partial charge in [-0.15, -0.1) is 0 Å². The molecule has 1 fully saturated rings. The second-order valence-electron chi connectivity index (χ2n) is 5.54. The summed E-state index contributed by atoms with van der Waals surface area (Å²) < 4.78 is 27.9. The highest BCUT2D eigenvalue weighted by Crippen LogP contribution is 2.31. The molecular formula is C14H20Cl2N2O2S. The Morgan fingerprint density at radius 2 is 1.95 bits per heavy atom. The normalized spacial score (nSPS) is 22.7. The molecule has 0 saturated heterocycles. The first-order valence-electron chi connectivity index (χ1n) is 7.00. The van der Waals surface area contributed by atoms with Crippen molar-refractivity contribution in [3.8, 4) is 0 Å². The molecule has 0 aliphatic heterocycles. The summed E-state index contributed by atoms with van der Waals surface area (Å²) in [4.78, 5) is 0.0953. The smallest absolute Gasteiger partial charge is 0.242 e. The third-order valence-electron chi connectivity index (χ3n) is 3.93. The maximum absolute atomic E-state index is 12.6. The van der Waals surface area contributed by atoms with E-state index < -0.39 is 10.0 Å². The molecule has 21 heavy (non-hydrogen) atoms. The molecule has 0 spiro atoms. The van der Waals surface area contributed by atoms with Gasteiger partial charge in [-0.05, 0) is 43.5 Å². The molecule has 2 atom stereocenters. The van der Waals surface area contributed by atoms with Crippen LogP contribution in [0.25, 0.3) is 0 Å². The third kappa shape index (κ3) is 3.90. The Balaban J connectivity index is 2.32. The van der Waals surface area contributed by atoms with Crippen LogP contribution in [0.2, 0.25) is 10.0 Å². The lowest BCUT2D eigenvalue weighted by Crippen LogP contribution is -2.36. The van der Waals surface area contributed by atoms with Crippen molar-refractivity contribution in [1.29, 1.82) is 0 Å². The van der Waals surface area contributed by atoms with E-state index in [1.807, 2.05) is 0 Å². The van der Waals surface area contributed by atoms with Gasteiger partial charge in [-0.1, -0.05) is 36.5 Å². The van der Waals surface area contributed by atoms with Crippen LogP contribution in [0.5, 0.6) is 0 Å². The minimum atomic E-state index is -3.63. The van der Waals surface area contributed by atoms with E-state index in [1.54, 1.807) is 13.1 Å². The van der Waals surface area contributed by atoms with Gasteiger partial charge in [-0.2, -0.15) is 0 Å². The van der Waals surface area contributed by atoms with E-state index in [4.69, 9.17) is 23.2 Å². The number of rotatable bonds is 5. The number of halogens is 2. The molecule has 1 aliphatic rings. The summed E-state index contributed by atoms with van der Waals surface area (Å²) in [6.45, 7) is 2.55. The van der Waals surface area contributed by atoms with Gasteiger partial charge in [0.25, 0.3) is 0 Å². The van der Waals surface area contributed by atoms with E-state index in [0.717, 1.165) is 19.3 Å². The summed E-state index contributed by atoms with van der Waals surface area (Å²) in [7, 11) is -1.86. The van der Waals surface area contributed by atoms with Gasteiger partial charge in [0, 0.05) is 17.6 Å². The van der Waals surface area contributed by atoms with Crippen molar-refractivity contribution in [1.82, 2.24) is 10.0 Å². The number of hydrogen-bond acceptors (Lipinski definition) is 3. The van der Waals surface area contributed by atoms with Gasteiger partial charge >= 0.3 is 0 Å². The van der Waals surface area contributed by atoms with Crippen LogP contribution in [-0.4, -0.2) is 21.5 Å². The molecule has 1 aromatic carbocycles. The van der Waals surface area contributed by atoms with E-state index in [2.05, 4.69) is 17.0 Å². The molecule has 2 unspecified atom stereocenters. The number of hydrogen-bond donors (Lipinski definition) is 2. The average Bonchev–Trinajstić information content (AvgIpc) is 2.77. The van der Waals surface area contributed by atoms with Crippen molar-refractivity contribution in [2.45, 2.75) is 43.7 Å². The van der Waals surface area contributed by atoms with E-state index in [1.165, 1.54) is 6.07 Å². The fraction of sp³-hybridized carbons (Fsp3) is 0.571. The lowest BCUT2D eigenvalue weighted by Gasteiger charge is -2.18. The average molecular weight is 351 g/mol. The zero-order valence-electron chi connectivity index (χ0n) is 12.1. The molecule has 2 rings (SSSR count). The van der Waals surface area contributed by atoms with Gasteiger partial charge in [0.05, 0.1) is 5.02 Å². The van der Waals surface area contributed by atoms with Gasteiger partial charge in [0.2, 0.25) is 10.0 Å². The van der Waals surface area contributed by atoms with Crippen molar-refractivity contribution in [2.24, 2.45) is 5.92 Å². The number of sulfonamides is 1. The molecule has 1 aliphatic carbocycles. The predicted molar refractivity (Wildman–Crippen MR) is 86.4 cm³/mol. The van der Waals surface area contributed by atoms with Crippen LogP contribution in [0, 0.1) is 5.92 Å². The highest BCUT2D eigenvalue weighted by molar-refractivity contribution is 7.89. The van der Waals surface area contributed by atoms with Crippen molar-refractivity contribution in [3.05, 3.63) is 27.7 Å². The second-order valence-corrected chi connectivity index (χ2v) is 8.04. The molecule has 0 heterocycles. The zero-order chi connectivity index (χ0) is 15.6. The topological polar surface area (TPSA) is 58.2 Å². The Morgan fingerprint density at radius 3 is 2.52 bits per heavy atom. The molecule has 2 N–H and O–H groups in total. The Labute approximate surface area is 136 Å². The molecular weight excluding hydrogens is 331 g/mol. The lowest BCUT2D eigenvalue weighted by atomic mass is 10.1. The second kappa shape index (κ2) is 6.84. The van der Waals surface area contributed by atoms with Crippen molar-refractivity contribution in [3.63, 3.8) is 0 Å². The first-order valence-corrected chi connectivity index (χ1v) is 9.24. The Kier molecular flexibility index (Phi) is 5.54. The van der Waals surface area contributed by atoms with Crippen LogP contribution in [0.3, 0.4) is 0 Å². The molecule has 0 bridgehead atoms. The Bertz CT molecular complexity index is 620. The van der Waals surface area contributed by atoms with Crippen LogP contribution in [0.1, 0.15) is 31.7 Å². The zero-order valence-corrected chi connectivity index (χ0v) is 14.4. The van der Waals surface area contributed by atoms with E-state index in [0.29, 0.717) is 23.0 Å². The predicted octanol–water partition coefficient (Wildman–Crippen LogP) is 3.18. The quantitative estimate of drug-likeness (QED) is 0.857. The fourth-order valence-electron chi connectivity index (χ4n) is 2.69. The maximum Gasteiger partial charge on any atom is 0.242 e. The van der Waals surface area contributed by atoms with Crippen LogP contribution >= 0.6 is 23.2 Å². The van der Waals surface area contributed by atoms with Crippen LogP contribution in [-0.2, 0) is 16.6 Å². The molecule has 0 radical (unpaired) electrons. The molecule has 4 nitrogen and oxygen atoms in total. The molecule has 0 aromatic heterocycles. The Morgan fingerprint density at radius 1 is 1.24 bits per heavy atom. The summed E-state index contributed by atoms with van der Waals surface area (Å²) in [6.07, 6.45) is 2.97. The summed E-state index contributed by atoms with van der Waals surface area (Å²) in [5.41, 5.74) is 0.711. The molecule has 0 amide bonds. The highest BCUT2D eigenvalue weighted by atomic mass is 35.5. The summed E-state index contributed by atoms with van der Waals surface area (Å²) in [6, 6.07) is 3.01. The molecule has 1 aromatic rings. The van der Waals surface area contributed by atoms with E-state index in [-0.39, 0.29) is 16.0 Å². The number of nitrogens with one attached hydrogen (secondary N) is 2. The Hall–Kier alpha value is -0.330. The molecule has 7 heteroatoms. The first-order chi connectivity index (χ1) is 9.85. The van der Waals surface area contributed by atoms with Gasteiger partial charge in [0.15, 0.2) is 0 Å². The molecule has 1 saturated carbocycles. The standard InChI is InChI=1S/C14H20Cl2N2O2S/c1-9-4-3-5-13(9)18-21(19,20)14-6-10(8-17-2)11(15)7-12(14)16/h6-7,9,13,17-18H,3-5,8H2,1-2H3. The molecule has 118 valence electrons. The van der Waals surface area contributed by atoms with Crippen LogP contribution in [0.4, 0.5) is 0 Å². The van der Waals surface area contributed by atoms with Gasteiger partial charge in [-0.25, -0.2) is 13.1 Å². The van der Waals surface area contributed by atoms with Crippen LogP contribution in [0.15, 0.2) is 17.0 Å². The highest BCUT2D eigenvalue weighted by Gasteiger charge is 2.29. The monoisotopic (exact) mass is 350 g/mol. The van der Waals surface area contributed by atoms with Gasteiger partial charge in [-0.3, -0.25) is 0 Å². The SMILES string of the molecule is CNCc1cc(S(=O)(=O)NC2CCCC2C)c(Cl)cc1Cl. The first kappa shape index (κ1) is 17.0. The number of benzene rings is 1. The third-order valence-corrected chi connectivity index (χ3v) is 6.23. The van der Waals surface area contributed by atoms with Crippen LogP contribution < -0.4 is 10.0 Å². The van der Waals surface area contributed by atoms with Crippen molar-refractivity contribution in [2.75, 3.05) is 7.05 Å². The van der Waals surface area contributed by atoms with Gasteiger partial charge in [0.1, 0.15) is 4.90 Å². The van der Waals surface area contributed by atoms with E-state index in [9.17, 15) is 8.42 Å². The minimum absolute atomic E-state index is 0.0190. The largest absolute Gasteiger partial charge is 0.316 e. The lowest BCUT2D eigenvalue weighted by molar-refractivity contribution is 0.476. The summed E-state index contributed by atoms with van der Waals surface area (Å²) in [5.74, 6) is 0.350. The van der Waals surface area contributed by atoms with E-state index >= 15 is 0 Å².